The van der Waals surface area contributed by atoms with Crippen LogP contribution in [0.3, 0.4) is 0 Å². The molecule has 8 nitrogen and oxygen atoms in total. The van der Waals surface area contributed by atoms with Crippen molar-refractivity contribution in [3.05, 3.63) is 19.0 Å². The lowest BCUT2D eigenvalue weighted by molar-refractivity contribution is 0.201. The van der Waals surface area contributed by atoms with E-state index in [9.17, 15) is 13.2 Å². The highest BCUT2D eigenvalue weighted by atomic mass is 32.2. The molecule has 1 heterocycles. The van der Waals surface area contributed by atoms with E-state index >= 15 is 0 Å². The van der Waals surface area contributed by atoms with Crippen LogP contribution >= 0.6 is 0 Å². The molecule has 124 valence electrons. The van der Waals surface area contributed by atoms with Crippen molar-refractivity contribution in [2.45, 2.75) is 32.3 Å². The number of rotatable bonds is 8. The minimum atomic E-state index is -3.76. The fourth-order valence-electron chi connectivity index (χ4n) is 1.97. The summed E-state index contributed by atoms with van der Waals surface area (Å²) in [4.78, 5) is 17.6. The van der Waals surface area contributed by atoms with Crippen molar-refractivity contribution >= 4 is 16.1 Å². The van der Waals surface area contributed by atoms with E-state index in [1.165, 1.54) is 9.21 Å². The van der Waals surface area contributed by atoms with E-state index < -0.39 is 16.1 Å². The van der Waals surface area contributed by atoms with Gasteiger partial charge in [-0.05, 0) is 6.42 Å². The number of sulfonamides is 1. The minimum absolute atomic E-state index is 0.319. The van der Waals surface area contributed by atoms with Crippen LogP contribution in [0.4, 0.5) is 4.79 Å². The van der Waals surface area contributed by atoms with Gasteiger partial charge in [0.25, 0.3) is 15.2 Å². The molecule has 1 aromatic heterocycles. The van der Waals surface area contributed by atoms with E-state index in [2.05, 4.69) is 16.7 Å². The SMILES string of the molecule is C=CCN(CCC)C(=O)n1cnc(S(=O)(=O)N(CC)CC)n1. The van der Waals surface area contributed by atoms with Gasteiger partial charge in [0.05, 0.1) is 0 Å². The van der Waals surface area contributed by atoms with Crippen LogP contribution in [0.5, 0.6) is 0 Å². The maximum atomic E-state index is 12.3. The molecule has 0 aliphatic carbocycles. The predicted octanol–water partition coefficient (Wildman–Crippen LogP) is 1.17. The molecule has 0 radical (unpaired) electrons. The highest BCUT2D eigenvalue weighted by Crippen LogP contribution is 2.10. The monoisotopic (exact) mass is 329 g/mol. The molecular weight excluding hydrogens is 306 g/mol. The topological polar surface area (TPSA) is 88.4 Å². The molecule has 0 aliphatic rings. The van der Waals surface area contributed by atoms with Crippen molar-refractivity contribution in [2.75, 3.05) is 26.2 Å². The van der Waals surface area contributed by atoms with Crippen LogP contribution in [0.1, 0.15) is 27.2 Å². The molecule has 0 N–H and O–H groups in total. The maximum Gasteiger partial charge on any atom is 0.346 e. The third-order valence-electron chi connectivity index (χ3n) is 3.06. The molecular formula is C13H23N5O3S. The number of carbonyl (C=O) groups is 1. The van der Waals surface area contributed by atoms with Crippen LogP contribution in [-0.2, 0) is 10.0 Å². The van der Waals surface area contributed by atoms with Crippen molar-refractivity contribution in [3.63, 3.8) is 0 Å². The Morgan fingerprint density at radius 3 is 2.50 bits per heavy atom. The van der Waals surface area contributed by atoms with Gasteiger partial charge in [-0.2, -0.15) is 8.99 Å². The van der Waals surface area contributed by atoms with Gasteiger partial charge >= 0.3 is 6.03 Å². The number of amides is 1. The molecule has 1 rings (SSSR count). The molecule has 0 atom stereocenters. The molecule has 0 aliphatic heterocycles. The largest absolute Gasteiger partial charge is 0.346 e. The van der Waals surface area contributed by atoms with Crippen molar-refractivity contribution in [1.82, 2.24) is 24.0 Å². The first kappa shape index (κ1) is 18.3. The zero-order valence-electron chi connectivity index (χ0n) is 13.3. The zero-order chi connectivity index (χ0) is 16.8. The molecule has 1 amide bonds. The average molecular weight is 329 g/mol. The standard InChI is InChI=1S/C13H23N5O3S/c1-5-9-16(10-6-2)13(19)18-11-14-12(15-18)22(20,21)17(7-3)8-4/h5,11H,1,6-10H2,2-4H3. The second-order valence-electron chi connectivity index (χ2n) is 4.58. The van der Waals surface area contributed by atoms with Gasteiger partial charge in [-0.15, -0.1) is 11.7 Å². The van der Waals surface area contributed by atoms with Gasteiger partial charge < -0.3 is 4.90 Å². The minimum Gasteiger partial charge on any atom is -0.319 e. The fraction of sp³-hybridized carbons (Fsp3) is 0.615. The summed E-state index contributed by atoms with van der Waals surface area (Å²) in [6.07, 6.45) is 3.52. The Kier molecular flexibility index (Phi) is 6.69. The Hall–Kier alpha value is -1.74. The van der Waals surface area contributed by atoms with Gasteiger partial charge in [0.1, 0.15) is 6.33 Å². The molecule has 0 fully saturated rings. The first-order valence-corrected chi connectivity index (χ1v) is 8.68. The van der Waals surface area contributed by atoms with Gasteiger partial charge in [-0.1, -0.05) is 26.8 Å². The first-order valence-electron chi connectivity index (χ1n) is 7.24. The summed E-state index contributed by atoms with van der Waals surface area (Å²) >= 11 is 0. The molecule has 0 saturated heterocycles. The van der Waals surface area contributed by atoms with Crippen LogP contribution in [0.2, 0.25) is 0 Å². The Morgan fingerprint density at radius 2 is 2.00 bits per heavy atom. The van der Waals surface area contributed by atoms with E-state index in [4.69, 9.17) is 0 Å². The Morgan fingerprint density at radius 1 is 1.36 bits per heavy atom. The van der Waals surface area contributed by atoms with Gasteiger partial charge in [0, 0.05) is 26.2 Å². The maximum absolute atomic E-state index is 12.3. The second-order valence-corrected chi connectivity index (χ2v) is 6.41. The van der Waals surface area contributed by atoms with E-state index in [0.29, 0.717) is 26.2 Å². The summed E-state index contributed by atoms with van der Waals surface area (Å²) in [6, 6.07) is -0.421. The van der Waals surface area contributed by atoms with E-state index in [0.717, 1.165) is 17.4 Å². The molecule has 9 heteroatoms. The first-order chi connectivity index (χ1) is 10.4. The quantitative estimate of drug-likeness (QED) is 0.668. The average Bonchev–Trinajstić information content (AvgIpc) is 2.98. The Labute approximate surface area is 131 Å². The summed E-state index contributed by atoms with van der Waals surface area (Å²) in [5.41, 5.74) is 0. The highest BCUT2D eigenvalue weighted by molar-refractivity contribution is 7.88. The summed E-state index contributed by atoms with van der Waals surface area (Å²) in [7, 11) is -3.76. The third kappa shape index (κ3) is 3.92. The Balaban J connectivity index is 3.05. The summed E-state index contributed by atoms with van der Waals surface area (Å²) in [5.74, 6) is 0. The molecule has 0 unspecified atom stereocenters. The predicted molar refractivity (Wildman–Crippen MR) is 83.0 cm³/mol. The summed E-state index contributed by atoms with van der Waals surface area (Å²) in [6.45, 7) is 10.6. The smallest absolute Gasteiger partial charge is 0.319 e. The number of nitrogens with zero attached hydrogens (tertiary/aromatic N) is 5. The normalized spacial score (nSPS) is 11.6. The molecule has 0 aromatic carbocycles. The fourth-order valence-corrected chi connectivity index (χ4v) is 3.26. The van der Waals surface area contributed by atoms with Gasteiger partial charge in [-0.25, -0.2) is 18.2 Å². The molecule has 0 bridgehead atoms. The van der Waals surface area contributed by atoms with Gasteiger partial charge in [0.15, 0.2) is 0 Å². The van der Waals surface area contributed by atoms with Crippen LogP contribution in [0.15, 0.2) is 24.1 Å². The highest BCUT2D eigenvalue weighted by Gasteiger charge is 2.27. The molecule has 0 saturated carbocycles. The molecule has 1 aromatic rings. The zero-order valence-corrected chi connectivity index (χ0v) is 14.1. The van der Waals surface area contributed by atoms with Crippen molar-refractivity contribution in [3.8, 4) is 0 Å². The van der Waals surface area contributed by atoms with E-state index in [1.54, 1.807) is 19.9 Å². The lowest BCUT2D eigenvalue weighted by atomic mass is 10.4. The van der Waals surface area contributed by atoms with Crippen LogP contribution in [-0.4, -0.2) is 64.6 Å². The van der Waals surface area contributed by atoms with Crippen LogP contribution in [0.25, 0.3) is 0 Å². The molecule has 0 spiro atoms. The molecule has 22 heavy (non-hydrogen) atoms. The van der Waals surface area contributed by atoms with Crippen molar-refractivity contribution in [1.29, 1.82) is 0 Å². The van der Waals surface area contributed by atoms with Crippen LogP contribution in [0, 0.1) is 0 Å². The van der Waals surface area contributed by atoms with E-state index in [1.807, 2.05) is 6.92 Å². The number of aromatic nitrogens is 3. The lowest BCUT2D eigenvalue weighted by Crippen LogP contribution is -2.36. The lowest BCUT2D eigenvalue weighted by Gasteiger charge is -2.19. The second kappa shape index (κ2) is 8.04. The number of carbonyl (C=O) groups excluding carboxylic acids is 1. The van der Waals surface area contributed by atoms with E-state index in [-0.39, 0.29) is 5.16 Å². The summed E-state index contributed by atoms with van der Waals surface area (Å²) < 4.78 is 26.8. The third-order valence-corrected chi connectivity index (χ3v) is 4.90. The van der Waals surface area contributed by atoms with Gasteiger partial charge in [0.2, 0.25) is 0 Å². The summed E-state index contributed by atoms with van der Waals surface area (Å²) in [5, 5.41) is 3.47. The van der Waals surface area contributed by atoms with Gasteiger partial charge in [-0.3, -0.25) is 0 Å². The van der Waals surface area contributed by atoms with Crippen molar-refractivity contribution < 1.29 is 13.2 Å². The number of hydrogen-bond donors (Lipinski definition) is 0. The van der Waals surface area contributed by atoms with Crippen LogP contribution < -0.4 is 0 Å². The Bertz CT molecular complexity index is 607. The number of hydrogen-bond acceptors (Lipinski definition) is 5. The van der Waals surface area contributed by atoms with Crippen molar-refractivity contribution in [2.24, 2.45) is 0 Å².